The molecule has 0 amide bonds. The second kappa shape index (κ2) is 5.62. The highest BCUT2D eigenvalue weighted by atomic mass is 16.5. The molecular weight excluding hydrogens is 260 g/mol. The van der Waals surface area contributed by atoms with E-state index in [2.05, 4.69) is 62.2 Å². The van der Waals surface area contributed by atoms with Crippen LogP contribution in [0.5, 0.6) is 5.75 Å². The van der Waals surface area contributed by atoms with Crippen LogP contribution in [0.4, 0.5) is 0 Å². The number of rotatable bonds is 3. The summed E-state index contributed by atoms with van der Waals surface area (Å²) in [7, 11) is 0. The van der Waals surface area contributed by atoms with E-state index in [1.165, 1.54) is 5.56 Å². The van der Waals surface area contributed by atoms with Gasteiger partial charge < -0.3 is 10.1 Å². The first-order valence-electron chi connectivity index (χ1n) is 8.19. The van der Waals surface area contributed by atoms with Crippen molar-refractivity contribution >= 4 is 0 Å². The minimum atomic E-state index is 0.198. The molecule has 0 radical (unpaired) electrons. The Morgan fingerprint density at radius 1 is 1.33 bits per heavy atom. The maximum atomic E-state index is 6.14. The molecule has 1 aromatic carbocycles. The third-order valence-electron chi connectivity index (χ3n) is 5.01. The average molecular weight is 288 g/mol. The Labute approximate surface area is 128 Å². The van der Waals surface area contributed by atoms with Crippen LogP contribution in [0.1, 0.15) is 33.3 Å². The third-order valence-corrected chi connectivity index (χ3v) is 5.01. The van der Waals surface area contributed by atoms with E-state index in [1.807, 2.05) is 0 Å². The maximum Gasteiger partial charge on any atom is 0.123 e. The fourth-order valence-electron chi connectivity index (χ4n) is 3.41. The Morgan fingerprint density at radius 3 is 2.81 bits per heavy atom. The molecule has 0 aromatic heterocycles. The topological polar surface area (TPSA) is 24.5 Å². The standard InChI is InChI=1S/C18H28N2O/c1-13(2)16-11-20(18(3,4)12-19-16)10-15-9-14-7-5-6-8-17(14)21-15/h5-8,13,15-16,19H,9-12H2,1-4H3. The van der Waals surface area contributed by atoms with Crippen LogP contribution in [-0.4, -0.2) is 42.2 Å². The van der Waals surface area contributed by atoms with Gasteiger partial charge in [0.15, 0.2) is 0 Å². The molecule has 3 nitrogen and oxygen atoms in total. The fraction of sp³-hybridized carbons (Fsp3) is 0.667. The van der Waals surface area contributed by atoms with Gasteiger partial charge in [0, 0.05) is 37.6 Å². The first-order chi connectivity index (χ1) is 9.95. The average Bonchev–Trinajstić information content (AvgIpc) is 2.83. The molecule has 2 atom stereocenters. The number of hydrogen-bond acceptors (Lipinski definition) is 3. The summed E-state index contributed by atoms with van der Waals surface area (Å²) >= 11 is 0. The minimum absolute atomic E-state index is 0.198. The minimum Gasteiger partial charge on any atom is -0.488 e. The van der Waals surface area contributed by atoms with Gasteiger partial charge in [-0.3, -0.25) is 4.90 Å². The Bertz CT molecular complexity index is 473. The van der Waals surface area contributed by atoms with E-state index in [1.54, 1.807) is 0 Å². The van der Waals surface area contributed by atoms with Gasteiger partial charge in [-0.2, -0.15) is 0 Å². The Hall–Kier alpha value is -1.06. The van der Waals surface area contributed by atoms with Crippen molar-refractivity contribution in [2.24, 2.45) is 5.92 Å². The highest BCUT2D eigenvalue weighted by Crippen LogP contribution is 2.30. The number of piperazine rings is 1. The lowest BCUT2D eigenvalue weighted by molar-refractivity contribution is 0.0248. The predicted octanol–water partition coefficient (Wildman–Crippen LogP) is 2.70. The molecule has 0 saturated carbocycles. The van der Waals surface area contributed by atoms with Crippen LogP contribution in [0.3, 0.4) is 0 Å². The van der Waals surface area contributed by atoms with Gasteiger partial charge in [-0.1, -0.05) is 32.0 Å². The highest BCUT2D eigenvalue weighted by Gasteiger charge is 2.37. The van der Waals surface area contributed by atoms with Crippen molar-refractivity contribution in [1.29, 1.82) is 0 Å². The van der Waals surface area contributed by atoms with Gasteiger partial charge in [-0.15, -0.1) is 0 Å². The lowest BCUT2D eigenvalue weighted by Gasteiger charge is -2.48. The molecule has 2 unspecified atom stereocenters. The number of fused-ring (bicyclic) bond motifs is 1. The van der Waals surface area contributed by atoms with Crippen molar-refractivity contribution < 1.29 is 4.74 Å². The van der Waals surface area contributed by atoms with Crippen LogP contribution in [0, 0.1) is 5.92 Å². The largest absolute Gasteiger partial charge is 0.488 e. The molecule has 0 aliphatic carbocycles. The second-order valence-electron chi connectivity index (χ2n) is 7.50. The van der Waals surface area contributed by atoms with Gasteiger partial charge in [-0.25, -0.2) is 0 Å². The number of hydrogen-bond donors (Lipinski definition) is 1. The van der Waals surface area contributed by atoms with Crippen LogP contribution in [0.25, 0.3) is 0 Å². The smallest absolute Gasteiger partial charge is 0.123 e. The third kappa shape index (κ3) is 3.09. The summed E-state index contributed by atoms with van der Waals surface area (Å²) in [4.78, 5) is 2.62. The quantitative estimate of drug-likeness (QED) is 0.925. The van der Waals surface area contributed by atoms with E-state index in [0.29, 0.717) is 18.1 Å². The van der Waals surface area contributed by atoms with E-state index in [0.717, 1.165) is 31.8 Å². The summed E-state index contributed by atoms with van der Waals surface area (Å²) < 4.78 is 6.14. The first kappa shape index (κ1) is 14.9. The summed E-state index contributed by atoms with van der Waals surface area (Å²) in [6, 6.07) is 9.03. The van der Waals surface area contributed by atoms with E-state index >= 15 is 0 Å². The van der Waals surface area contributed by atoms with E-state index < -0.39 is 0 Å². The number of nitrogens with zero attached hydrogens (tertiary/aromatic N) is 1. The summed E-state index contributed by atoms with van der Waals surface area (Å²) in [5.74, 6) is 1.75. The van der Waals surface area contributed by atoms with Gasteiger partial charge in [0.05, 0.1) is 0 Å². The lowest BCUT2D eigenvalue weighted by Crippen LogP contribution is -2.64. The van der Waals surface area contributed by atoms with Crippen LogP contribution in [0.15, 0.2) is 24.3 Å². The van der Waals surface area contributed by atoms with E-state index in [-0.39, 0.29) is 5.54 Å². The van der Waals surface area contributed by atoms with Crippen molar-refractivity contribution in [3.05, 3.63) is 29.8 Å². The van der Waals surface area contributed by atoms with Crippen molar-refractivity contribution in [2.75, 3.05) is 19.6 Å². The van der Waals surface area contributed by atoms with Crippen molar-refractivity contribution in [3.8, 4) is 5.75 Å². The van der Waals surface area contributed by atoms with E-state index in [4.69, 9.17) is 4.74 Å². The van der Waals surface area contributed by atoms with Crippen LogP contribution in [-0.2, 0) is 6.42 Å². The molecule has 1 N–H and O–H groups in total. The number of para-hydroxylation sites is 1. The molecule has 3 heteroatoms. The number of benzene rings is 1. The second-order valence-corrected chi connectivity index (χ2v) is 7.50. The van der Waals surface area contributed by atoms with Gasteiger partial charge in [0.25, 0.3) is 0 Å². The van der Waals surface area contributed by atoms with Gasteiger partial charge in [0.1, 0.15) is 11.9 Å². The summed E-state index contributed by atoms with van der Waals surface area (Å²) in [6.07, 6.45) is 1.34. The van der Waals surface area contributed by atoms with Gasteiger partial charge in [-0.05, 0) is 31.4 Å². The molecule has 0 spiro atoms. The van der Waals surface area contributed by atoms with Crippen LogP contribution >= 0.6 is 0 Å². The maximum absolute atomic E-state index is 6.14. The van der Waals surface area contributed by atoms with E-state index in [9.17, 15) is 0 Å². The molecule has 1 aromatic rings. The normalized spacial score (nSPS) is 28.4. The monoisotopic (exact) mass is 288 g/mol. The Kier molecular flexibility index (Phi) is 3.98. The predicted molar refractivity (Wildman–Crippen MR) is 86.8 cm³/mol. The fourth-order valence-corrected chi connectivity index (χ4v) is 3.41. The molecule has 3 rings (SSSR count). The SMILES string of the molecule is CC(C)C1CN(CC2Cc3ccccc3O2)C(C)(C)CN1. The van der Waals surface area contributed by atoms with Crippen LogP contribution < -0.4 is 10.1 Å². The summed E-state index contributed by atoms with van der Waals surface area (Å²) in [6.45, 7) is 12.5. The molecule has 116 valence electrons. The van der Waals surface area contributed by atoms with Gasteiger partial charge in [0.2, 0.25) is 0 Å². The zero-order valence-corrected chi connectivity index (χ0v) is 13.7. The molecule has 1 saturated heterocycles. The molecule has 2 aliphatic rings. The van der Waals surface area contributed by atoms with Crippen molar-refractivity contribution in [1.82, 2.24) is 10.2 Å². The molecule has 0 bridgehead atoms. The summed E-state index contributed by atoms with van der Waals surface area (Å²) in [5.41, 5.74) is 1.56. The van der Waals surface area contributed by atoms with Gasteiger partial charge >= 0.3 is 0 Å². The molecule has 1 fully saturated rings. The number of nitrogens with one attached hydrogen (secondary N) is 1. The molecule has 21 heavy (non-hydrogen) atoms. The van der Waals surface area contributed by atoms with Crippen LogP contribution in [0.2, 0.25) is 0 Å². The zero-order chi connectivity index (χ0) is 15.0. The lowest BCUT2D eigenvalue weighted by atomic mass is 9.92. The van der Waals surface area contributed by atoms with Crippen molar-refractivity contribution in [2.45, 2.75) is 51.8 Å². The highest BCUT2D eigenvalue weighted by molar-refractivity contribution is 5.37. The Morgan fingerprint density at radius 2 is 2.10 bits per heavy atom. The molecule has 2 heterocycles. The zero-order valence-electron chi connectivity index (χ0n) is 13.7. The van der Waals surface area contributed by atoms with Crippen molar-refractivity contribution in [3.63, 3.8) is 0 Å². The molecular formula is C18H28N2O. The number of ether oxygens (including phenoxy) is 1. The first-order valence-corrected chi connectivity index (χ1v) is 8.19. The summed E-state index contributed by atoms with van der Waals surface area (Å²) in [5, 5.41) is 3.70. The molecule has 2 aliphatic heterocycles. The Balaban J connectivity index is 1.66.